The smallest absolute Gasteiger partial charge is 0.0541 e. The Bertz CT molecular complexity index is 4410. The van der Waals surface area contributed by atoms with Crippen LogP contribution in [0.4, 0.5) is 28.4 Å². The van der Waals surface area contributed by atoms with Crippen LogP contribution in [0.3, 0.4) is 0 Å². The van der Waals surface area contributed by atoms with E-state index in [9.17, 15) is 0 Å². The first-order valence-corrected chi connectivity index (χ1v) is 25.5. The highest BCUT2D eigenvalue weighted by Gasteiger charge is 2.18. The Morgan fingerprint density at radius 3 is 1.50 bits per heavy atom. The summed E-state index contributed by atoms with van der Waals surface area (Å²) in [6, 6.07) is 99.7. The van der Waals surface area contributed by atoms with Crippen LogP contribution in [0.15, 0.2) is 273 Å². The number of anilines is 5. The van der Waals surface area contributed by atoms with Gasteiger partial charge in [0, 0.05) is 80.3 Å². The van der Waals surface area contributed by atoms with Gasteiger partial charge in [-0.2, -0.15) is 0 Å². The minimum Gasteiger partial charge on any atom is -0.345 e. The molecule has 12 aromatic carbocycles. The first-order chi connectivity index (χ1) is 36.6. The summed E-state index contributed by atoms with van der Waals surface area (Å²) in [5, 5.41) is 9.97. The Morgan fingerprint density at radius 2 is 0.784 bits per heavy atom. The SMILES string of the molecule is CN(c1ccc(-c2ccc3c(c2)c2ccccc2n3-c2ccc3ccccc3c2)cc1)c1cccc(Cn2c3ccccc3c3cc(-c4ccc(N(c5ccccc5)c5ccc6ccccc6c5)cc4)ccc32)c1. The van der Waals surface area contributed by atoms with Crippen LogP contribution in [0.25, 0.3) is 93.1 Å². The lowest BCUT2D eigenvalue weighted by molar-refractivity contribution is 0.868. The number of rotatable bonds is 10. The molecule has 0 saturated heterocycles. The van der Waals surface area contributed by atoms with Crippen molar-refractivity contribution in [2.24, 2.45) is 0 Å². The Hall–Kier alpha value is -9.64. The minimum absolute atomic E-state index is 0.752. The number of hydrogen-bond acceptors (Lipinski definition) is 2. The average molecular weight is 947 g/mol. The summed E-state index contributed by atoms with van der Waals surface area (Å²) >= 11 is 0. The van der Waals surface area contributed by atoms with Crippen LogP contribution in [-0.2, 0) is 6.54 Å². The summed E-state index contributed by atoms with van der Waals surface area (Å²) in [6.45, 7) is 0.752. The zero-order valence-corrected chi connectivity index (χ0v) is 41.0. The first kappa shape index (κ1) is 43.2. The van der Waals surface area contributed by atoms with E-state index in [1.165, 1.54) is 98.7 Å². The van der Waals surface area contributed by atoms with E-state index in [4.69, 9.17) is 0 Å². The quantitative estimate of drug-likeness (QED) is 0.136. The van der Waals surface area contributed by atoms with Gasteiger partial charge in [0.15, 0.2) is 0 Å². The summed E-state index contributed by atoms with van der Waals surface area (Å²) in [7, 11) is 2.17. The van der Waals surface area contributed by atoms with Crippen molar-refractivity contribution in [2.45, 2.75) is 6.54 Å². The molecule has 2 heterocycles. The molecule has 0 aliphatic rings. The Balaban J connectivity index is 0.731. The number of para-hydroxylation sites is 3. The van der Waals surface area contributed by atoms with Gasteiger partial charge in [-0.25, -0.2) is 0 Å². The van der Waals surface area contributed by atoms with Crippen molar-refractivity contribution in [1.29, 1.82) is 0 Å². The van der Waals surface area contributed by atoms with Gasteiger partial charge < -0.3 is 18.9 Å². The second-order valence-corrected chi connectivity index (χ2v) is 19.5. The van der Waals surface area contributed by atoms with Gasteiger partial charge in [-0.05, 0) is 159 Å². The van der Waals surface area contributed by atoms with Crippen molar-refractivity contribution < 1.29 is 0 Å². The average Bonchev–Trinajstić information content (AvgIpc) is 3.97. The van der Waals surface area contributed by atoms with E-state index in [-0.39, 0.29) is 0 Å². The van der Waals surface area contributed by atoms with Gasteiger partial charge in [0.25, 0.3) is 0 Å². The molecule has 0 N–H and O–H groups in total. The molecule has 0 fully saturated rings. The van der Waals surface area contributed by atoms with Gasteiger partial charge in [0.2, 0.25) is 0 Å². The van der Waals surface area contributed by atoms with Crippen LogP contribution in [0, 0.1) is 0 Å². The van der Waals surface area contributed by atoms with E-state index in [2.05, 4.69) is 299 Å². The van der Waals surface area contributed by atoms with Crippen molar-refractivity contribution in [1.82, 2.24) is 9.13 Å². The molecule has 0 atom stereocenters. The lowest BCUT2D eigenvalue weighted by Gasteiger charge is -2.26. The van der Waals surface area contributed by atoms with Crippen molar-refractivity contribution in [3.05, 3.63) is 279 Å². The fourth-order valence-electron chi connectivity index (χ4n) is 11.4. The Kier molecular flexibility index (Phi) is 10.4. The molecule has 0 saturated carbocycles. The maximum absolute atomic E-state index is 2.48. The maximum Gasteiger partial charge on any atom is 0.0541 e. The molecule has 0 bridgehead atoms. The molecule has 0 spiro atoms. The summed E-state index contributed by atoms with van der Waals surface area (Å²) in [4.78, 5) is 4.63. The monoisotopic (exact) mass is 946 g/mol. The molecule has 0 unspecified atom stereocenters. The molecule has 0 amide bonds. The summed E-state index contributed by atoms with van der Waals surface area (Å²) in [5.41, 5.74) is 17.7. The molecule has 74 heavy (non-hydrogen) atoms. The van der Waals surface area contributed by atoms with Crippen LogP contribution in [-0.4, -0.2) is 16.2 Å². The van der Waals surface area contributed by atoms with Crippen LogP contribution in [0.5, 0.6) is 0 Å². The number of aromatic nitrogens is 2. The van der Waals surface area contributed by atoms with Gasteiger partial charge >= 0.3 is 0 Å². The van der Waals surface area contributed by atoms with Crippen LogP contribution < -0.4 is 9.80 Å². The predicted octanol–water partition coefficient (Wildman–Crippen LogP) is 18.8. The zero-order valence-electron chi connectivity index (χ0n) is 41.0. The highest BCUT2D eigenvalue weighted by molar-refractivity contribution is 6.11. The number of nitrogens with zero attached hydrogens (tertiary/aromatic N) is 4. The van der Waals surface area contributed by atoms with E-state index in [0.29, 0.717) is 0 Å². The molecule has 4 heteroatoms. The first-order valence-electron chi connectivity index (χ1n) is 25.5. The largest absolute Gasteiger partial charge is 0.345 e. The molecule has 4 nitrogen and oxygen atoms in total. The summed E-state index contributed by atoms with van der Waals surface area (Å²) in [5.74, 6) is 0. The standard InChI is InChI=1S/C70H50N4/c1-71(57-34-26-51(27-35-57)56-33-41-70-66(46-56)64-23-10-12-25-69(64)74(70)62-39-31-50-16-6-8-18-54(50)44-62)60-21-13-14-48(42-60)47-72-67-24-11-9-22-63(67)65-45-55(32-40-68(65)72)52-28-36-59(37-29-52)73(58-19-3-2-4-20-58)61-38-30-49-15-5-7-17-53(49)43-61/h2-46H,47H2,1H3. The molecule has 14 aromatic rings. The third-order valence-corrected chi connectivity index (χ3v) is 15.1. The minimum atomic E-state index is 0.752. The second-order valence-electron chi connectivity index (χ2n) is 19.5. The third-order valence-electron chi connectivity index (χ3n) is 15.1. The van der Waals surface area contributed by atoms with Crippen molar-refractivity contribution in [3.63, 3.8) is 0 Å². The molecular weight excluding hydrogens is 897 g/mol. The van der Waals surface area contributed by atoms with E-state index in [1.54, 1.807) is 0 Å². The van der Waals surface area contributed by atoms with Gasteiger partial charge in [-0.1, -0.05) is 164 Å². The van der Waals surface area contributed by atoms with E-state index >= 15 is 0 Å². The second kappa shape index (κ2) is 17.9. The van der Waals surface area contributed by atoms with E-state index in [0.717, 1.165) is 35.0 Å². The molecule has 14 rings (SSSR count). The molecule has 2 aromatic heterocycles. The van der Waals surface area contributed by atoms with Gasteiger partial charge in [0.1, 0.15) is 0 Å². The molecule has 0 aliphatic carbocycles. The lowest BCUT2D eigenvalue weighted by Crippen LogP contribution is -2.10. The normalized spacial score (nSPS) is 11.6. The summed E-state index contributed by atoms with van der Waals surface area (Å²) in [6.07, 6.45) is 0. The summed E-state index contributed by atoms with van der Waals surface area (Å²) < 4.78 is 4.88. The molecular formula is C70H50N4. The highest BCUT2D eigenvalue weighted by Crippen LogP contribution is 2.40. The zero-order chi connectivity index (χ0) is 49.1. The van der Waals surface area contributed by atoms with Crippen molar-refractivity contribution >= 4 is 93.6 Å². The maximum atomic E-state index is 2.48. The van der Waals surface area contributed by atoms with Crippen LogP contribution >= 0.6 is 0 Å². The topological polar surface area (TPSA) is 16.3 Å². The highest BCUT2D eigenvalue weighted by atomic mass is 15.1. The number of fused-ring (bicyclic) bond motifs is 8. The van der Waals surface area contributed by atoms with E-state index < -0.39 is 0 Å². The Morgan fingerprint density at radius 1 is 0.297 bits per heavy atom. The Labute approximate surface area is 430 Å². The van der Waals surface area contributed by atoms with Crippen molar-refractivity contribution in [3.8, 4) is 27.9 Å². The predicted molar refractivity (Wildman–Crippen MR) is 314 cm³/mol. The van der Waals surface area contributed by atoms with Gasteiger partial charge in [-0.15, -0.1) is 0 Å². The van der Waals surface area contributed by atoms with Crippen molar-refractivity contribution in [2.75, 3.05) is 16.8 Å². The third kappa shape index (κ3) is 7.55. The molecule has 0 aliphatic heterocycles. The van der Waals surface area contributed by atoms with Gasteiger partial charge in [-0.3, -0.25) is 0 Å². The molecule has 0 radical (unpaired) electrons. The van der Waals surface area contributed by atoms with E-state index in [1.807, 2.05) is 0 Å². The molecule has 350 valence electrons. The van der Waals surface area contributed by atoms with Crippen LogP contribution in [0.2, 0.25) is 0 Å². The number of hydrogen-bond donors (Lipinski definition) is 0. The number of benzene rings is 12. The fraction of sp³-hybridized carbons (Fsp3) is 0.0286. The fourth-order valence-corrected chi connectivity index (χ4v) is 11.4. The lowest BCUT2D eigenvalue weighted by atomic mass is 10.0. The van der Waals surface area contributed by atoms with Gasteiger partial charge in [0.05, 0.1) is 11.0 Å². The van der Waals surface area contributed by atoms with Crippen LogP contribution in [0.1, 0.15) is 5.56 Å².